The van der Waals surface area contributed by atoms with Crippen LogP contribution < -0.4 is 10.1 Å². The van der Waals surface area contributed by atoms with E-state index in [9.17, 15) is 0 Å². The van der Waals surface area contributed by atoms with Gasteiger partial charge in [-0.25, -0.2) is 9.97 Å². The summed E-state index contributed by atoms with van der Waals surface area (Å²) in [5, 5.41) is 7.38. The topological polar surface area (TPSA) is 47.0 Å². The van der Waals surface area contributed by atoms with Crippen LogP contribution in [-0.2, 0) is 0 Å². The monoisotopic (exact) mass is 331 g/mol. The summed E-state index contributed by atoms with van der Waals surface area (Å²) < 4.78 is 5.35. The Labute approximate surface area is 137 Å². The summed E-state index contributed by atoms with van der Waals surface area (Å²) in [7, 11) is 1.68. The molecule has 0 radical (unpaired) electrons. The molecule has 0 amide bonds. The third-order valence-corrected chi connectivity index (χ3v) is 5.24. The second-order valence-electron chi connectivity index (χ2n) is 4.94. The molecule has 0 saturated heterocycles. The molecule has 0 spiro atoms. The molecule has 0 saturated carbocycles. The summed E-state index contributed by atoms with van der Waals surface area (Å²) >= 11 is 3.28. The van der Waals surface area contributed by atoms with Crippen LogP contribution in [0.1, 0.15) is 16.3 Å². The van der Waals surface area contributed by atoms with Crippen LogP contribution >= 0.6 is 22.7 Å². The maximum Gasteiger partial charge on any atom is 0.187 e. The fraction of sp³-hybridized carbons (Fsp3) is 0.250. The largest absolute Gasteiger partial charge is 0.496 e. The van der Waals surface area contributed by atoms with Crippen molar-refractivity contribution in [2.24, 2.45) is 0 Å². The summed E-state index contributed by atoms with van der Waals surface area (Å²) in [6.07, 6.45) is 0. The van der Waals surface area contributed by atoms with Gasteiger partial charge in [0.25, 0.3) is 0 Å². The van der Waals surface area contributed by atoms with E-state index in [1.54, 1.807) is 29.8 Å². The van der Waals surface area contributed by atoms with Crippen molar-refractivity contribution in [2.45, 2.75) is 20.8 Å². The van der Waals surface area contributed by atoms with Gasteiger partial charge in [-0.2, -0.15) is 0 Å². The number of hydrogen-bond acceptors (Lipinski definition) is 6. The third kappa shape index (κ3) is 2.84. The highest BCUT2D eigenvalue weighted by molar-refractivity contribution is 7.16. The summed E-state index contributed by atoms with van der Waals surface area (Å²) in [5.41, 5.74) is 4.11. The highest BCUT2D eigenvalue weighted by Crippen LogP contribution is 2.34. The van der Waals surface area contributed by atoms with Crippen LogP contribution in [0.5, 0.6) is 5.75 Å². The van der Waals surface area contributed by atoms with E-state index >= 15 is 0 Å². The Morgan fingerprint density at radius 2 is 1.95 bits per heavy atom. The van der Waals surface area contributed by atoms with Crippen LogP contribution in [0.25, 0.3) is 10.6 Å². The molecular formula is C16H17N3OS2. The predicted molar refractivity (Wildman–Crippen MR) is 93.7 cm³/mol. The van der Waals surface area contributed by atoms with E-state index in [2.05, 4.69) is 20.7 Å². The quantitative estimate of drug-likeness (QED) is 0.735. The molecule has 3 rings (SSSR count). The van der Waals surface area contributed by atoms with E-state index in [-0.39, 0.29) is 0 Å². The van der Waals surface area contributed by atoms with E-state index in [1.807, 2.05) is 39.0 Å². The molecular weight excluding hydrogens is 314 g/mol. The third-order valence-electron chi connectivity index (χ3n) is 3.39. The van der Waals surface area contributed by atoms with Crippen LogP contribution in [0, 0.1) is 20.8 Å². The Morgan fingerprint density at radius 3 is 2.64 bits per heavy atom. The molecule has 1 aromatic carbocycles. The van der Waals surface area contributed by atoms with Crippen molar-refractivity contribution >= 4 is 33.5 Å². The lowest BCUT2D eigenvalue weighted by atomic mass is 10.2. The maximum absolute atomic E-state index is 5.35. The van der Waals surface area contributed by atoms with Gasteiger partial charge in [0.15, 0.2) is 5.13 Å². The van der Waals surface area contributed by atoms with Crippen molar-refractivity contribution in [3.63, 3.8) is 0 Å². The average molecular weight is 331 g/mol. The molecule has 2 aromatic heterocycles. The zero-order chi connectivity index (χ0) is 15.7. The van der Waals surface area contributed by atoms with Gasteiger partial charge >= 0.3 is 0 Å². The van der Waals surface area contributed by atoms with Crippen LogP contribution in [0.3, 0.4) is 0 Å². The average Bonchev–Trinajstić information content (AvgIpc) is 3.07. The van der Waals surface area contributed by atoms with Crippen molar-refractivity contribution < 1.29 is 4.74 Å². The van der Waals surface area contributed by atoms with Gasteiger partial charge in [0.1, 0.15) is 5.75 Å². The normalized spacial score (nSPS) is 10.7. The summed E-state index contributed by atoms with van der Waals surface area (Å²) in [6, 6.07) is 5.96. The van der Waals surface area contributed by atoms with Gasteiger partial charge in [0.05, 0.1) is 28.4 Å². The Hall–Kier alpha value is -1.92. The zero-order valence-electron chi connectivity index (χ0n) is 12.9. The van der Waals surface area contributed by atoms with E-state index in [4.69, 9.17) is 4.74 Å². The second kappa shape index (κ2) is 6.06. The molecule has 1 N–H and O–H groups in total. The number of aryl methyl sites for hydroxylation is 2. The van der Waals surface area contributed by atoms with Gasteiger partial charge in [0.2, 0.25) is 0 Å². The number of ether oxygens (including phenoxy) is 1. The Bertz CT molecular complexity index is 808. The van der Waals surface area contributed by atoms with Gasteiger partial charge in [0, 0.05) is 16.6 Å². The highest BCUT2D eigenvalue weighted by atomic mass is 32.1. The number of aromatic nitrogens is 2. The fourth-order valence-corrected chi connectivity index (χ4v) is 3.96. The van der Waals surface area contributed by atoms with Crippen molar-refractivity contribution in [2.75, 3.05) is 12.4 Å². The Morgan fingerprint density at radius 1 is 1.14 bits per heavy atom. The molecule has 114 valence electrons. The first-order valence-corrected chi connectivity index (χ1v) is 8.58. The molecule has 0 unspecified atom stereocenters. The van der Waals surface area contributed by atoms with Gasteiger partial charge in [-0.3, -0.25) is 0 Å². The van der Waals surface area contributed by atoms with E-state index in [0.717, 1.165) is 43.4 Å². The van der Waals surface area contributed by atoms with Crippen LogP contribution in [0.15, 0.2) is 23.6 Å². The number of hydrogen-bond donors (Lipinski definition) is 1. The molecule has 6 heteroatoms. The summed E-state index contributed by atoms with van der Waals surface area (Å²) in [4.78, 5) is 10.3. The number of anilines is 2. The standard InChI is InChI=1S/C16H17N3OS2/c1-9-12(6-5-7-14(9)20-4)18-16-19-13(8-21-16)15-10(2)17-11(3)22-15/h5-8H,1-4H3,(H,18,19). The number of nitrogens with one attached hydrogen (secondary N) is 1. The summed E-state index contributed by atoms with van der Waals surface area (Å²) in [6.45, 7) is 6.08. The van der Waals surface area contributed by atoms with Crippen molar-refractivity contribution in [1.29, 1.82) is 0 Å². The van der Waals surface area contributed by atoms with E-state index in [0.29, 0.717) is 0 Å². The zero-order valence-corrected chi connectivity index (χ0v) is 14.6. The molecule has 2 heterocycles. The lowest BCUT2D eigenvalue weighted by Crippen LogP contribution is -1.95. The predicted octanol–water partition coefficient (Wildman–Crippen LogP) is 4.94. The van der Waals surface area contributed by atoms with Crippen molar-refractivity contribution in [3.05, 3.63) is 39.8 Å². The van der Waals surface area contributed by atoms with Gasteiger partial charge in [-0.15, -0.1) is 22.7 Å². The van der Waals surface area contributed by atoms with E-state index in [1.165, 1.54) is 0 Å². The SMILES string of the molecule is COc1cccc(Nc2nc(-c3sc(C)nc3C)cs2)c1C. The highest BCUT2D eigenvalue weighted by Gasteiger charge is 2.12. The molecule has 0 aliphatic heterocycles. The minimum absolute atomic E-state index is 0.871. The molecule has 0 bridgehead atoms. The van der Waals surface area contributed by atoms with Crippen LogP contribution in [-0.4, -0.2) is 17.1 Å². The molecule has 22 heavy (non-hydrogen) atoms. The van der Waals surface area contributed by atoms with E-state index < -0.39 is 0 Å². The minimum atomic E-state index is 0.871. The molecule has 0 aliphatic rings. The van der Waals surface area contributed by atoms with Crippen LogP contribution in [0.4, 0.5) is 10.8 Å². The summed E-state index contributed by atoms with van der Waals surface area (Å²) in [5.74, 6) is 0.871. The van der Waals surface area contributed by atoms with Gasteiger partial charge in [-0.1, -0.05) is 6.07 Å². The Kier molecular flexibility index (Phi) is 4.13. The molecule has 0 atom stereocenters. The number of thiazole rings is 2. The maximum atomic E-state index is 5.35. The molecule has 0 fully saturated rings. The molecule has 3 aromatic rings. The Balaban J connectivity index is 1.88. The number of rotatable bonds is 4. The van der Waals surface area contributed by atoms with Gasteiger partial charge in [-0.05, 0) is 32.9 Å². The minimum Gasteiger partial charge on any atom is -0.496 e. The smallest absolute Gasteiger partial charge is 0.187 e. The van der Waals surface area contributed by atoms with Crippen LogP contribution in [0.2, 0.25) is 0 Å². The lowest BCUT2D eigenvalue weighted by Gasteiger charge is -2.10. The molecule has 0 aliphatic carbocycles. The fourth-order valence-electron chi connectivity index (χ4n) is 2.29. The number of methoxy groups -OCH3 is 1. The van der Waals surface area contributed by atoms with Gasteiger partial charge < -0.3 is 10.1 Å². The first-order chi connectivity index (χ1) is 10.6. The van der Waals surface area contributed by atoms with Crippen molar-refractivity contribution in [1.82, 2.24) is 9.97 Å². The second-order valence-corrected chi connectivity index (χ2v) is 7.00. The molecule has 4 nitrogen and oxygen atoms in total. The number of nitrogens with zero attached hydrogens (tertiary/aromatic N) is 2. The first-order valence-electron chi connectivity index (χ1n) is 6.89. The van der Waals surface area contributed by atoms with Crippen molar-refractivity contribution in [3.8, 4) is 16.3 Å². The first kappa shape index (κ1) is 15.0. The number of benzene rings is 1. The lowest BCUT2D eigenvalue weighted by molar-refractivity contribution is 0.412.